The Hall–Kier alpha value is -2.48. The smallest absolute Gasteiger partial charge is 0.302 e. The lowest BCUT2D eigenvalue weighted by Crippen LogP contribution is -2.45. The number of benzene rings is 1. The molecule has 1 aliphatic carbocycles. The van der Waals surface area contributed by atoms with Crippen molar-refractivity contribution in [2.24, 2.45) is 16.6 Å². The lowest BCUT2D eigenvalue weighted by molar-refractivity contribution is -0.148. The van der Waals surface area contributed by atoms with Crippen LogP contribution in [0.1, 0.15) is 63.9 Å². The van der Waals surface area contributed by atoms with Crippen molar-refractivity contribution < 1.29 is 24.5 Å². The molecule has 8 nitrogen and oxygen atoms in total. The number of aliphatic imine (C=N–C) groups is 1. The molecule has 1 aromatic rings. The van der Waals surface area contributed by atoms with Crippen LogP contribution in [0.4, 0.5) is 0 Å². The number of nitrogens with one attached hydrogen (secondary N) is 1. The average molecular weight is 450 g/mol. The maximum atomic E-state index is 11.6. The maximum Gasteiger partial charge on any atom is 0.302 e. The van der Waals surface area contributed by atoms with E-state index in [0.29, 0.717) is 43.3 Å². The number of aromatic hydroxyl groups is 1. The van der Waals surface area contributed by atoms with Crippen LogP contribution in [0, 0.1) is 5.92 Å². The summed E-state index contributed by atoms with van der Waals surface area (Å²) < 4.78 is 10.6. The number of ether oxygens (including phenoxy) is 2. The predicted octanol–water partition coefficient (Wildman–Crippen LogP) is 2.89. The minimum Gasteiger partial charge on any atom is -0.504 e. The summed E-state index contributed by atoms with van der Waals surface area (Å²) in [6.45, 7) is 1.39. The SMILES string of the molecule is CN=C(N)N[C@@H]1CCCC[C@H]1CC[C@H](O)C[C@@H](CCc1ccc(O)c(OC)c1)OC(C)=O. The number of nitrogens with two attached hydrogens (primary N) is 1. The molecule has 2 rings (SSSR count). The molecule has 32 heavy (non-hydrogen) atoms. The first-order valence-corrected chi connectivity index (χ1v) is 11.5. The summed E-state index contributed by atoms with van der Waals surface area (Å²) in [5.74, 6) is 1.05. The molecule has 0 heterocycles. The van der Waals surface area contributed by atoms with E-state index in [2.05, 4.69) is 10.3 Å². The van der Waals surface area contributed by atoms with E-state index in [9.17, 15) is 15.0 Å². The van der Waals surface area contributed by atoms with Crippen LogP contribution in [0.5, 0.6) is 11.5 Å². The molecule has 180 valence electrons. The van der Waals surface area contributed by atoms with Gasteiger partial charge < -0.3 is 30.7 Å². The summed E-state index contributed by atoms with van der Waals surface area (Å²) in [6.07, 6.45) is 6.78. The van der Waals surface area contributed by atoms with Gasteiger partial charge in [-0.1, -0.05) is 18.9 Å². The van der Waals surface area contributed by atoms with E-state index in [4.69, 9.17) is 15.2 Å². The Morgan fingerprint density at radius 2 is 2.06 bits per heavy atom. The fraction of sp³-hybridized carbons (Fsp3) is 0.667. The summed E-state index contributed by atoms with van der Waals surface area (Å²) in [7, 11) is 3.18. The first kappa shape index (κ1) is 25.8. The molecule has 0 unspecified atom stereocenters. The van der Waals surface area contributed by atoms with Gasteiger partial charge in [-0.15, -0.1) is 0 Å². The van der Waals surface area contributed by atoms with Crippen LogP contribution in [-0.4, -0.2) is 54.5 Å². The summed E-state index contributed by atoms with van der Waals surface area (Å²) in [5, 5.41) is 23.7. The number of carbonyl (C=O) groups excluding carboxylic acids is 1. The Bertz CT molecular complexity index is 755. The van der Waals surface area contributed by atoms with E-state index in [1.54, 1.807) is 19.2 Å². The molecule has 0 bridgehead atoms. The van der Waals surface area contributed by atoms with Gasteiger partial charge in [0.1, 0.15) is 6.10 Å². The van der Waals surface area contributed by atoms with E-state index in [-0.39, 0.29) is 23.9 Å². The van der Waals surface area contributed by atoms with Gasteiger partial charge in [-0.3, -0.25) is 9.79 Å². The van der Waals surface area contributed by atoms with Gasteiger partial charge in [0.05, 0.1) is 13.2 Å². The molecule has 0 aliphatic heterocycles. The summed E-state index contributed by atoms with van der Waals surface area (Å²) in [5.41, 5.74) is 6.83. The highest BCUT2D eigenvalue weighted by Gasteiger charge is 2.27. The quantitative estimate of drug-likeness (QED) is 0.232. The third kappa shape index (κ3) is 8.57. The highest BCUT2D eigenvalue weighted by molar-refractivity contribution is 5.78. The number of carbonyl (C=O) groups is 1. The van der Waals surface area contributed by atoms with Gasteiger partial charge in [-0.2, -0.15) is 0 Å². The summed E-state index contributed by atoms with van der Waals surface area (Å²) in [6, 6.07) is 5.47. The van der Waals surface area contributed by atoms with Crippen molar-refractivity contribution in [3.8, 4) is 11.5 Å². The highest BCUT2D eigenvalue weighted by atomic mass is 16.5. The number of hydrogen-bond acceptors (Lipinski definition) is 6. The molecule has 1 saturated carbocycles. The largest absolute Gasteiger partial charge is 0.504 e. The van der Waals surface area contributed by atoms with Crippen LogP contribution < -0.4 is 15.8 Å². The zero-order chi connectivity index (χ0) is 23.5. The molecule has 0 radical (unpaired) electrons. The molecule has 0 amide bonds. The predicted molar refractivity (Wildman–Crippen MR) is 125 cm³/mol. The molecule has 5 N–H and O–H groups in total. The number of guanidine groups is 1. The van der Waals surface area contributed by atoms with Gasteiger partial charge >= 0.3 is 5.97 Å². The standard InChI is InChI=1S/C24H39N3O5/c1-16(28)32-20(12-8-17-9-13-22(30)23(14-17)31-3)15-19(29)11-10-18-6-4-5-7-21(18)27-24(25)26-2/h9,13-14,18-21,29-30H,4-8,10-12,15H2,1-3H3,(H3,25,26,27)/t18-,19-,20+,21+/m0/s1. The second-order valence-corrected chi connectivity index (χ2v) is 8.65. The fourth-order valence-electron chi connectivity index (χ4n) is 4.49. The molecule has 4 atom stereocenters. The van der Waals surface area contributed by atoms with Crippen molar-refractivity contribution in [2.45, 2.75) is 83.0 Å². The number of phenolic OH excluding ortho intramolecular Hbond substituents is 1. The second kappa shape index (κ2) is 13.2. The van der Waals surface area contributed by atoms with Gasteiger partial charge in [-0.05, 0) is 62.1 Å². The Kier molecular flexibility index (Phi) is 10.6. The highest BCUT2D eigenvalue weighted by Crippen LogP contribution is 2.30. The topological polar surface area (TPSA) is 126 Å². The van der Waals surface area contributed by atoms with Crippen LogP contribution >= 0.6 is 0 Å². The molecule has 1 aromatic carbocycles. The number of rotatable bonds is 11. The van der Waals surface area contributed by atoms with Crippen LogP contribution in [0.25, 0.3) is 0 Å². The molecule has 0 aromatic heterocycles. The van der Waals surface area contributed by atoms with Crippen molar-refractivity contribution in [1.29, 1.82) is 0 Å². The number of aliphatic hydroxyl groups excluding tert-OH is 1. The van der Waals surface area contributed by atoms with E-state index in [0.717, 1.165) is 24.8 Å². The van der Waals surface area contributed by atoms with Gasteiger partial charge in [0.25, 0.3) is 0 Å². The normalized spacial score (nSPS) is 20.9. The van der Waals surface area contributed by atoms with Crippen molar-refractivity contribution in [2.75, 3.05) is 14.2 Å². The Morgan fingerprint density at radius 1 is 1.31 bits per heavy atom. The molecule has 1 fully saturated rings. The van der Waals surface area contributed by atoms with Gasteiger partial charge in [0.15, 0.2) is 17.5 Å². The summed E-state index contributed by atoms with van der Waals surface area (Å²) in [4.78, 5) is 15.6. The number of esters is 1. The third-order valence-electron chi connectivity index (χ3n) is 6.22. The number of phenols is 1. The minimum absolute atomic E-state index is 0.0886. The van der Waals surface area contributed by atoms with Crippen molar-refractivity contribution in [3.05, 3.63) is 23.8 Å². The number of nitrogens with zero attached hydrogens (tertiary/aromatic N) is 1. The maximum absolute atomic E-state index is 11.6. The molecule has 0 saturated heterocycles. The molecule has 1 aliphatic rings. The number of aryl methyl sites for hydroxylation is 1. The Labute approximate surface area is 191 Å². The fourth-order valence-corrected chi connectivity index (χ4v) is 4.49. The van der Waals surface area contributed by atoms with Gasteiger partial charge in [-0.25, -0.2) is 0 Å². The minimum atomic E-state index is -0.548. The zero-order valence-electron chi connectivity index (χ0n) is 19.5. The third-order valence-corrected chi connectivity index (χ3v) is 6.22. The summed E-state index contributed by atoms with van der Waals surface area (Å²) >= 11 is 0. The first-order valence-electron chi connectivity index (χ1n) is 11.5. The molecular weight excluding hydrogens is 410 g/mol. The van der Waals surface area contributed by atoms with Gasteiger partial charge in [0.2, 0.25) is 0 Å². The van der Waals surface area contributed by atoms with Crippen LogP contribution in [0.2, 0.25) is 0 Å². The van der Waals surface area contributed by atoms with Crippen molar-refractivity contribution >= 4 is 11.9 Å². The van der Waals surface area contributed by atoms with E-state index < -0.39 is 6.10 Å². The average Bonchev–Trinajstić information content (AvgIpc) is 2.77. The van der Waals surface area contributed by atoms with E-state index in [1.807, 2.05) is 6.07 Å². The zero-order valence-corrected chi connectivity index (χ0v) is 19.5. The van der Waals surface area contributed by atoms with Crippen molar-refractivity contribution in [3.63, 3.8) is 0 Å². The van der Waals surface area contributed by atoms with Crippen LogP contribution in [-0.2, 0) is 16.0 Å². The molecular formula is C24H39N3O5. The monoisotopic (exact) mass is 449 g/mol. The van der Waals surface area contributed by atoms with Gasteiger partial charge in [0, 0.05) is 26.4 Å². The number of aliphatic hydroxyl groups is 1. The lowest BCUT2D eigenvalue weighted by atomic mass is 9.81. The number of hydrogen-bond donors (Lipinski definition) is 4. The number of methoxy groups -OCH3 is 1. The van der Waals surface area contributed by atoms with Crippen LogP contribution in [0.15, 0.2) is 23.2 Å². The second-order valence-electron chi connectivity index (χ2n) is 8.65. The molecule has 8 heteroatoms. The molecule has 0 spiro atoms. The lowest BCUT2D eigenvalue weighted by Gasteiger charge is -2.33. The van der Waals surface area contributed by atoms with E-state index >= 15 is 0 Å². The Balaban J connectivity index is 1.88. The van der Waals surface area contributed by atoms with Crippen molar-refractivity contribution in [1.82, 2.24) is 5.32 Å². The first-order chi connectivity index (χ1) is 15.3. The van der Waals surface area contributed by atoms with E-state index in [1.165, 1.54) is 26.9 Å². The Morgan fingerprint density at radius 3 is 2.75 bits per heavy atom. The van der Waals surface area contributed by atoms with Crippen LogP contribution in [0.3, 0.4) is 0 Å².